The SMILES string of the molecule is [2H]C([2H])([2H])NC(=O)c1nn(COP(C)(=O)OC(C)(C)C)c(NC(=O)C2CC2)cc1=Nc1nccc(-c2cnn(C)n2)c1C. The third kappa shape index (κ3) is 7.26. The van der Waals surface area contributed by atoms with Crippen LogP contribution in [0.4, 0.5) is 11.6 Å². The van der Waals surface area contributed by atoms with Crippen molar-refractivity contribution in [1.82, 2.24) is 35.1 Å². The molecule has 214 valence electrons. The Balaban J connectivity index is 1.86. The number of aryl methyl sites for hydroxylation is 1. The molecule has 2 N–H and O–H groups in total. The number of hydrogen-bond acceptors (Lipinski definition) is 10. The smallest absolute Gasteiger partial charge is 0.329 e. The lowest BCUT2D eigenvalue weighted by molar-refractivity contribution is -0.117. The molecule has 14 nitrogen and oxygen atoms in total. The van der Waals surface area contributed by atoms with Gasteiger partial charge in [-0.2, -0.15) is 20.1 Å². The van der Waals surface area contributed by atoms with Gasteiger partial charge < -0.3 is 15.2 Å². The molecule has 0 spiro atoms. The van der Waals surface area contributed by atoms with E-state index in [1.807, 2.05) is 5.32 Å². The van der Waals surface area contributed by atoms with Crippen LogP contribution < -0.4 is 16.0 Å². The molecule has 1 unspecified atom stereocenters. The van der Waals surface area contributed by atoms with Crippen LogP contribution in [-0.2, 0) is 32.2 Å². The van der Waals surface area contributed by atoms with Crippen molar-refractivity contribution in [2.45, 2.75) is 52.9 Å². The molecule has 40 heavy (non-hydrogen) atoms. The lowest BCUT2D eigenvalue weighted by atomic mass is 10.1. The van der Waals surface area contributed by atoms with Gasteiger partial charge in [-0.1, -0.05) is 0 Å². The van der Waals surface area contributed by atoms with Crippen LogP contribution in [0.5, 0.6) is 0 Å². The summed E-state index contributed by atoms with van der Waals surface area (Å²) in [6.07, 6.45) is 4.52. The first-order chi connectivity index (χ1) is 19.9. The predicted octanol–water partition coefficient (Wildman–Crippen LogP) is 2.93. The van der Waals surface area contributed by atoms with Crippen molar-refractivity contribution in [1.29, 1.82) is 0 Å². The van der Waals surface area contributed by atoms with Crippen LogP contribution >= 0.6 is 7.60 Å². The van der Waals surface area contributed by atoms with Gasteiger partial charge in [0.05, 0.1) is 11.8 Å². The fraction of sp³-hybridized carbons (Fsp3) is 0.480. The van der Waals surface area contributed by atoms with Gasteiger partial charge in [-0.3, -0.25) is 18.7 Å². The molecule has 0 bridgehead atoms. The summed E-state index contributed by atoms with van der Waals surface area (Å²) in [6, 6.07) is 3.09. The molecule has 4 rings (SSSR count). The van der Waals surface area contributed by atoms with Crippen molar-refractivity contribution >= 4 is 31.0 Å². The summed E-state index contributed by atoms with van der Waals surface area (Å²) in [6.45, 7) is 4.83. The van der Waals surface area contributed by atoms with Gasteiger partial charge in [0.2, 0.25) is 5.91 Å². The van der Waals surface area contributed by atoms with Crippen LogP contribution in [0.25, 0.3) is 11.3 Å². The van der Waals surface area contributed by atoms with E-state index in [1.165, 1.54) is 23.7 Å². The molecule has 15 heteroatoms. The lowest BCUT2D eigenvalue weighted by Gasteiger charge is -2.25. The maximum absolute atomic E-state index is 13.2. The zero-order valence-electron chi connectivity index (χ0n) is 26.1. The summed E-state index contributed by atoms with van der Waals surface area (Å²) in [4.78, 5) is 36.2. The summed E-state index contributed by atoms with van der Waals surface area (Å²) in [7, 11) is -1.95. The minimum atomic E-state index is -3.63. The Bertz CT molecular complexity index is 1660. The number of carbonyl (C=O) groups excluding carboxylic acids is 2. The zero-order valence-corrected chi connectivity index (χ0v) is 24.0. The Hall–Kier alpha value is -3.74. The van der Waals surface area contributed by atoms with Gasteiger partial charge in [0.1, 0.15) is 16.9 Å². The number of nitrogens with one attached hydrogen (secondary N) is 2. The van der Waals surface area contributed by atoms with Gasteiger partial charge in [-0.15, -0.1) is 0 Å². The minimum absolute atomic E-state index is 0.0691. The highest BCUT2D eigenvalue weighted by Crippen LogP contribution is 2.48. The molecule has 0 aromatic carbocycles. The van der Waals surface area contributed by atoms with E-state index >= 15 is 0 Å². The number of hydrogen-bond donors (Lipinski definition) is 2. The Kier molecular flexibility index (Phi) is 7.19. The quantitative estimate of drug-likeness (QED) is 0.365. The molecule has 1 saturated carbocycles. The normalized spacial score (nSPS) is 16.9. The first kappa shape index (κ1) is 25.2. The number of carbonyl (C=O) groups is 2. The third-order valence-corrected chi connectivity index (χ3v) is 7.14. The molecule has 0 saturated heterocycles. The number of rotatable bonds is 9. The van der Waals surface area contributed by atoms with Gasteiger partial charge in [0, 0.05) is 54.1 Å². The van der Waals surface area contributed by atoms with Crippen LogP contribution in [0.2, 0.25) is 0 Å². The van der Waals surface area contributed by atoms with Crippen molar-refractivity contribution in [2.75, 3.05) is 19.0 Å². The van der Waals surface area contributed by atoms with E-state index in [0.29, 0.717) is 29.7 Å². The fourth-order valence-corrected chi connectivity index (χ4v) is 5.13. The highest BCUT2D eigenvalue weighted by Gasteiger charge is 2.31. The summed E-state index contributed by atoms with van der Waals surface area (Å²) >= 11 is 0. The average Bonchev–Trinajstić information content (AvgIpc) is 3.63. The second kappa shape index (κ2) is 11.4. The van der Waals surface area contributed by atoms with E-state index in [2.05, 4.69) is 30.6 Å². The summed E-state index contributed by atoms with van der Waals surface area (Å²) in [5, 5.41) is 17.3. The van der Waals surface area contributed by atoms with Crippen LogP contribution in [-0.4, -0.2) is 60.8 Å². The minimum Gasteiger partial charge on any atom is -0.354 e. The Morgan fingerprint density at radius 3 is 2.67 bits per heavy atom. The molecule has 1 aliphatic rings. The van der Waals surface area contributed by atoms with Crippen LogP contribution in [0.1, 0.15) is 53.8 Å². The van der Waals surface area contributed by atoms with E-state index in [9.17, 15) is 14.2 Å². The lowest BCUT2D eigenvalue weighted by Crippen LogP contribution is -2.32. The van der Waals surface area contributed by atoms with Gasteiger partial charge >= 0.3 is 7.60 Å². The molecule has 1 aliphatic carbocycles. The van der Waals surface area contributed by atoms with Crippen molar-refractivity contribution in [3.05, 3.63) is 41.1 Å². The second-order valence-corrected chi connectivity index (χ2v) is 12.3. The first-order valence-corrected chi connectivity index (χ1v) is 14.5. The molecule has 3 aromatic rings. The highest BCUT2D eigenvalue weighted by molar-refractivity contribution is 7.53. The Morgan fingerprint density at radius 2 is 2.05 bits per heavy atom. The Morgan fingerprint density at radius 1 is 1.30 bits per heavy atom. The second-order valence-electron chi connectivity index (χ2n) is 10.4. The third-order valence-electron chi connectivity index (χ3n) is 5.68. The van der Waals surface area contributed by atoms with E-state index in [-0.39, 0.29) is 28.8 Å². The van der Waals surface area contributed by atoms with E-state index in [1.54, 1.807) is 47.0 Å². The highest BCUT2D eigenvalue weighted by atomic mass is 31.2. The number of aromatic nitrogens is 6. The molecular formula is C25H34N9O5P. The van der Waals surface area contributed by atoms with Crippen LogP contribution in [0.3, 0.4) is 0 Å². The largest absolute Gasteiger partial charge is 0.354 e. The molecule has 3 aromatic heterocycles. The topological polar surface area (TPSA) is 168 Å². The van der Waals surface area contributed by atoms with E-state index in [0.717, 1.165) is 4.68 Å². The first-order valence-electron chi connectivity index (χ1n) is 14.0. The zero-order chi connectivity index (χ0) is 31.7. The Labute approximate surface area is 236 Å². The molecule has 1 atom stereocenters. The average molecular weight is 575 g/mol. The van der Waals surface area contributed by atoms with E-state index < -0.39 is 38.5 Å². The maximum Gasteiger partial charge on any atom is 0.329 e. The number of anilines is 1. The molecular weight excluding hydrogens is 537 g/mol. The fourth-order valence-electron chi connectivity index (χ4n) is 3.76. The molecule has 0 radical (unpaired) electrons. The van der Waals surface area contributed by atoms with Crippen LogP contribution in [0, 0.1) is 12.8 Å². The molecule has 1 fully saturated rings. The number of nitrogens with zero attached hydrogens (tertiary/aromatic N) is 7. The summed E-state index contributed by atoms with van der Waals surface area (Å²) < 4.78 is 47.7. The van der Waals surface area contributed by atoms with Gasteiger partial charge in [-0.25, -0.2) is 14.7 Å². The predicted molar refractivity (Wildman–Crippen MR) is 147 cm³/mol. The molecule has 0 aliphatic heterocycles. The van der Waals surface area contributed by atoms with Gasteiger partial charge in [0.25, 0.3) is 5.91 Å². The molecule has 3 heterocycles. The summed E-state index contributed by atoms with van der Waals surface area (Å²) in [5.41, 5.74) is 0.656. The van der Waals surface area contributed by atoms with Crippen molar-refractivity contribution < 1.29 is 27.3 Å². The molecule has 2 amide bonds. The monoisotopic (exact) mass is 574 g/mol. The van der Waals surface area contributed by atoms with Crippen molar-refractivity contribution in [2.24, 2.45) is 18.0 Å². The van der Waals surface area contributed by atoms with Crippen molar-refractivity contribution in [3.8, 4) is 11.3 Å². The van der Waals surface area contributed by atoms with Crippen LogP contribution in [0.15, 0.2) is 29.5 Å². The van der Waals surface area contributed by atoms with E-state index in [4.69, 9.17) is 13.2 Å². The number of pyridine rings is 1. The van der Waals surface area contributed by atoms with Crippen molar-refractivity contribution in [3.63, 3.8) is 0 Å². The van der Waals surface area contributed by atoms with Gasteiger partial charge in [0.15, 0.2) is 18.2 Å². The number of amides is 2. The summed E-state index contributed by atoms with van der Waals surface area (Å²) in [5.74, 6) is -1.29. The maximum atomic E-state index is 13.2. The standard InChI is InChI=1S/C25H34N9O5P/c1-15-17(19-13-28-33(6)31-19)10-11-27-22(15)29-18-12-20(30-23(35)16-8-9-16)34(32-21(18)24(36)26-5)14-38-40(7,37)39-25(2,3)4/h10-13,16H,8-9,14H2,1-7H3,(H,26,36)(H,30,35)/i5D3. The van der Waals surface area contributed by atoms with Gasteiger partial charge in [-0.05, 0) is 46.6 Å².